The summed E-state index contributed by atoms with van der Waals surface area (Å²) in [5, 5.41) is 10.1. The molecule has 16 heavy (non-hydrogen) atoms. The molecule has 1 saturated heterocycles. The first-order valence-electron chi connectivity index (χ1n) is 5.41. The molecule has 0 aromatic rings. The van der Waals surface area contributed by atoms with E-state index < -0.39 is 11.4 Å². The van der Waals surface area contributed by atoms with Crippen LogP contribution >= 0.6 is 11.8 Å². The Morgan fingerprint density at radius 1 is 1.56 bits per heavy atom. The van der Waals surface area contributed by atoms with Gasteiger partial charge in [0.2, 0.25) is 0 Å². The number of hydrogen-bond donors (Lipinski definition) is 1. The molecular formula is C11H22O4S. The fourth-order valence-electron chi connectivity index (χ4n) is 1.77. The van der Waals surface area contributed by atoms with Gasteiger partial charge in [0.05, 0.1) is 18.1 Å². The molecule has 2 atom stereocenters. The quantitative estimate of drug-likeness (QED) is 0.751. The Labute approximate surface area is 102 Å². The van der Waals surface area contributed by atoms with Gasteiger partial charge in [-0.2, -0.15) is 0 Å². The van der Waals surface area contributed by atoms with Gasteiger partial charge in [-0.05, 0) is 34.0 Å². The van der Waals surface area contributed by atoms with E-state index >= 15 is 0 Å². The second kappa shape index (κ2) is 5.23. The van der Waals surface area contributed by atoms with Crippen LogP contribution in [-0.4, -0.2) is 47.5 Å². The van der Waals surface area contributed by atoms with Crippen LogP contribution in [0.4, 0.5) is 0 Å². The molecule has 1 N–H and O–H groups in total. The molecule has 96 valence electrons. The van der Waals surface area contributed by atoms with Crippen LogP contribution in [0.5, 0.6) is 0 Å². The van der Waals surface area contributed by atoms with Gasteiger partial charge in [-0.1, -0.05) is 0 Å². The minimum atomic E-state index is -0.940. The van der Waals surface area contributed by atoms with Crippen molar-refractivity contribution in [1.29, 1.82) is 0 Å². The van der Waals surface area contributed by atoms with Crippen molar-refractivity contribution in [3.63, 3.8) is 0 Å². The summed E-state index contributed by atoms with van der Waals surface area (Å²) in [6, 6.07) is 0. The SMILES string of the molecule is CSCO[C@@H]([C@H]1COC(C)(C)O1)C(C)(C)O. The maximum atomic E-state index is 10.1. The highest BCUT2D eigenvalue weighted by Crippen LogP contribution is 2.29. The molecule has 1 aliphatic heterocycles. The van der Waals surface area contributed by atoms with Crippen LogP contribution in [0.15, 0.2) is 0 Å². The molecule has 0 unspecified atom stereocenters. The molecule has 1 rings (SSSR count). The van der Waals surface area contributed by atoms with E-state index in [1.165, 1.54) is 0 Å². The Morgan fingerprint density at radius 3 is 2.56 bits per heavy atom. The Balaban J connectivity index is 2.63. The van der Waals surface area contributed by atoms with Crippen molar-refractivity contribution < 1.29 is 19.3 Å². The van der Waals surface area contributed by atoms with Gasteiger partial charge >= 0.3 is 0 Å². The fraction of sp³-hybridized carbons (Fsp3) is 1.00. The van der Waals surface area contributed by atoms with Gasteiger partial charge in [-0.3, -0.25) is 0 Å². The number of rotatable bonds is 5. The molecule has 0 amide bonds. The van der Waals surface area contributed by atoms with Gasteiger partial charge in [-0.15, -0.1) is 11.8 Å². The Morgan fingerprint density at radius 2 is 2.19 bits per heavy atom. The topological polar surface area (TPSA) is 47.9 Å². The van der Waals surface area contributed by atoms with Crippen molar-refractivity contribution in [3.05, 3.63) is 0 Å². The van der Waals surface area contributed by atoms with E-state index in [1.54, 1.807) is 25.6 Å². The average Bonchev–Trinajstić information content (AvgIpc) is 2.44. The largest absolute Gasteiger partial charge is 0.388 e. The summed E-state index contributed by atoms with van der Waals surface area (Å²) in [4.78, 5) is 0. The first kappa shape index (κ1) is 14.3. The van der Waals surface area contributed by atoms with Crippen LogP contribution in [0.25, 0.3) is 0 Å². The van der Waals surface area contributed by atoms with Crippen molar-refractivity contribution in [2.75, 3.05) is 18.8 Å². The van der Waals surface area contributed by atoms with Crippen LogP contribution in [0, 0.1) is 0 Å². The first-order chi connectivity index (χ1) is 7.26. The highest BCUT2D eigenvalue weighted by molar-refractivity contribution is 7.98. The molecule has 1 fully saturated rings. The van der Waals surface area contributed by atoms with E-state index in [4.69, 9.17) is 14.2 Å². The predicted molar refractivity (Wildman–Crippen MR) is 64.5 cm³/mol. The minimum absolute atomic E-state index is 0.220. The third-order valence-corrected chi connectivity index (χ3v) is 2.80. The number of aliphatic hydroxyl groups is 1. The lowest BCUT2D eigenvalue weighted by atomic mass is 9.97. The van der Waals surface area contributed by atoms with Crippen LogP contribution in [-0.2, 0) is 14.2 Å². The van der Waals surface area contributed by atoms with Crippen molar-refractivity contribution >= 4 is 11.8 Å². The van der Waals surface area contributed by atoms with Crippen molar-refractivity contribution in [2.24, 2.45) is 0 Å². The lowest BCUT2D eigenvalue weighted by Gasteiger charge is -2.33. The van der Waals surface area contributed by atoms with Crippen LogP contribution in [0.2, 0.25) is 0 Å². The van der Waals surface area contributed by atoms with Crippen molar-refractivity contribution in [2.45, 2.75) is 51.3 Å². The van der Waals surface area contributed by atoms with Gasteiger partial charge in [-0.25, -0.2) is 0 Å². The van der Waals surface area contributed by atoms with Crippen LogP contribution in [0.1, 0.15) is 27.7 Å². The maximum absolute atomic E-state index is 10.1. The molecule has 0 aromatic carbocycles. The summed E-state index contributed by atoms with van der Waals surface area (Å²) in [6.45, 7) is 7.64. The summed E-state index contributed by atoms with van der Waals surface area (Å²) >= 11 is 1.58. The molecule has 5 heteroatoms. The standard InChI is InChI=1S/C11H22O4S/c1-10(2,12)9(13-7-16-5)8-6-14-11(3,4)15-8/h8-9,12H,6-7H2,1-5H3/t8-,9+/m1/s1. The molecule has 0 saturated carbocycles. The number of ether oxygens (including phenoxy) is 3. The van der Waals surface area contributed by atoms with E-state index in [9.17, 15) is 5.11 Å². The van der Waals surface area contributed by atoms with Gasteiger partial charge < -0.3 is 19.3 Å². The van der Waals surface area contributed by atoms with E-state index in [-0.39, 0.29) is 12.2 Å². The Bertz CT molecular complexity index is 225. The second-order valence-corrected chi connectivity index (χ2v) is 5.83. The maximum Gasteiger partial charge on any atom is 0.163 e. The predicted octanol–water partition coefficient (Wildman–Crippen LogP) is 1.61. The Kier molecular flexibility index (Phi) is 4.66. The summed E-state index contributed by atoms with van der Waals surface area (Å²) in [5.41, 5.74) is -0.940. The second-order valence-electron chi connectivity index (χ2n) is 5.01. The average molecular weight is 250 g/mol. The molecule has 1 heterocycles. The number of hydrogen-bond acceptors (Lipinski definition) is 5. The van der Waals surface area contributed by atoms with Gasteiger partial charge in [0, 0.05) is 0 Å². The third kappa shape index (κ3) is 3.89. The molecule has 4 nitrogen and oxygen atoms in total. The monoisotopic (exact) mass is 250 g/mol. The molecule has 1 aliphatic rings. The zero-order valence-corrected chi connectivity index (χ0v) is 11.5. The summed E-state index contributed by atoms with van der Waals surface area (Å²) < 4.78 is 16.8. The lowest BCUT2D eigenvalue weighted by Crippen LogP contribution is -2.48. The normalized spacial score (nSPS) is 27.0. The van der Waals surface area contributed by atoms with E-state index in [2.05, 4.69) is 0 Å². The highest BCUT2D eigenvalue weighted by Gasteiger charge is 2.43. The molecule has 0 aliphatic carbocycles. The van der Waals surface area contributed by atoms with E-state index in [1.807, 2.05) is 20.1 Å². The zero-order chi connectivity index (χ0) is 12.4. The highest BCUT2D eigenvalue weighted by atomic mass is 32.2. The summed E-state index contributed by atoms with van der Waals surface area (Å²) in [5.74, 6) is -0.0498. The Hall–Kier alpha value is 0.190. The van der Waals surface area contributed by atoms with E-state index in [0.29, 0.717) is 12.5 Å². The van der Waals surface area contributed by atoms with Gasteiger partial charge in [0.25, 0.3) is 0 Å². The fourth-order valence-corrected chi connectivity index (χ4v) is 2.05. The lowest BCUT2D eigenvalue weighted by molar-refractivity contribution is -0.179. The number of thioether (sulfide) groups is 1. The summed E-state index contributed by atoms with van der Waals surface area (Å²) in [7, 11) is 0. The van der Waals surface area contributed by atoms with Crippen LogP contribution in [0.3, 0.4) is 0 Å². The van der Waals surface area contributed by atoms with Crippen molar-refractivity contribution in [3.8, 4) is 0 Å². The van der Waals surface area contributed by atoms with Gasteiger partial charge in [0.15, 0.2) is 5.79 Å². The van der Waals surface area contributed by atoms with Crippen molar-refractivity contribution in [1.82, 2.24) is 0 Å². The minimum Gasteiger partial charge on any atom is -0.388 e. The zero-order valence-electron chi connectivity index (χ0n) is 10.6. The smallest absolute Gasteiger partial charge is 0.163 e. The van der Waals surface area contributed by atoms with Gasteiger partial charge in [0.1, 0.15) is 12.2 Å². The first-order valence-corrected chi connectivity index (χ1v) is 6.80. The molecule has 0 bridgehead atoms. The molecule has 0 spiro atoms. The third-order valence-electron chi connectivity index (χ3n) is 2.43. The van der Waals surface area contributed by atoms with Crippen LogP contribution < -0.4 is 0 Å². The summed E-state index contributed by atoms with van der Waals surface area (Å²) in [6.07, 6.45) is 1.36. The molecule has 0 aromatic heterocycles. The molecule has 0 radical (unpaired) electrons. The molecular weight excluding hydrogens is 228 g/mol. The van der Waals surface area contributed by atoms with E-state index in [0.717, 1.165) is 0 Å².